The molecule has 0 saturated heterocycles. The number of aromatic nitrogens is 2. The number of carboxylic acid groups (broad SMARTS) is 1. The highest BCUT2D eigenvalue weighted by molar-refractivity contribution is 5.93. The summed E-state index contributed by atoms with van der Waals surface area (Å²) in [5, 5.41) is 12.4. The van der Waals surface area contributed by atoms with Gasteiger partial charge in [0, 0.05) is 24.3 Å². The van der Waals surface area contributed by atoms with Crippen molar-refractivity contribution in [2.75, 3.05) is 0 Å². The Morgan fingerprint density at radius 2 is 2.08 bits per heavy atom. The Hall–Kier alpha value is -2.63. The molecule has 2 aromatic heterocycles. The van der Waals surface area contributed by atoms with Gasteiger partial charge >= 0.3 is 5.97 Å². The van der Waals surface area contributed by atoms with Crippen LogP contribution in [0.5, 0.6) is 0 Å². The number of nitrogens with one attached hydrogen (secondary N) is 1. The minimum absolute atomic E-state index is 0.289. The minimum atomic E-state index is -0.855. The quantitative estimate of drug-likeness (QED) is 0.904. The van der Waals surface area contributed by atoms with E-state index in [1.807, 2.05) is 42.1 Å². The Labute approximate surface area is 140 Å². The highest BCUT2D eigenvalue weighted by atomic mass is 16.4. The lowest BCUT2D eigenvalue weighted by Crippen LogP contribution is -2.55. The van der Waals surface area contributed by atoms with E-state index in [1.165, 1.54) is 0 Å². The molecule has 6 heteroatoms. The Kier molecular flexibility index (Phi) is 4.38. The molecule has 1 aliphatic rings. The van der Waals surface area contributed by atoms with E-state index in [2.05, 4.69) is 10.3 Å². The van der Waals surface area contributed by atoms with Gasteiger partial charge in [-0.15, -0.1) is 0 Å². The summed E-state index contributed by atoms with van der Waals surface area (Å²) in [4.78, 5) is 28.3. The Balaban J connectivity index is 1.82. The monoisotopic (exact) mass is 327 g/mol. The third-order valence-electron chi connectivity index (χ3n) is 4.78. The van der Waals surface area contributed by atoms with Gasteiger partial charge in [-0.1, -0.05) is 12.8 Å². The van der Waals surface area contributed by atoms with Crippen LogP contribution in [0.15, 0.2) is 42.9 Å². The lowest BCUT2D eigenvalue weighted by molar-refractivity contribution is -0.145. The van der Waals surface area contributed by atoms with Crippen molar-refractivity contribution in [1.82, 2.24) is 14.9 Å². The Bertz CT molecular complexity index is 742. The van der Waals surface area contributed by atoms with Gasteiger partial charge < -0.3 is 15.0 Å². The molecule has 0 bridgehead atoms. The van der Waals surface area contributed by atoms with Crippen LogP contribution in [0.2, 0.25) is 0 Å². The fourth-order valence-electron chi connectivity index (χ4n) is 3.41. The van der Waals surface area contributed by atoms with Crippen molar-refractivity contribution < 1.29 is 14.7 Å². The molecule has 126 valence electrons. The number of carboxylic acids is 1. The highest BCUT2D eigenvalue weighted by Gasteiger charge is 2.42. The lowest BCUT2D eigenvalue weighted by Gasteiger charge is -2.39. The molecule has 0 spiro atoms. The van der Waals surface area contributed by atoms with Gasteiger partial charge in [0.25, 0.3) is 5.91 Å². The van der Waals surface area contributed by atoms with Crippen LogP contribution in [0.4, 0.5) is 0 Å². The van der Waals surface area contributed by atoms with E-state index in [0.717, 1.165) is 18.5 Å². The SMILES string of the molecule is CC1(NC(=O)c2cc(-n3cccc3)ccn2)CCCCC1C(=O)O. The summed E-state index contributed by atoms with van der Waals surface area (Å²) in [6, 6.07) is 7.33. The van der Waals surface area contributed by atoms with E-state index in [-0.39, 0.29) is 11.6 Å². The summed E-state index contributed by atoms with van der Waals surface area (Å²) >= 11 is 0. The van der Waals surface area contributed by atoms with Gasteiger partial charge in [-0.2, -0.15) is 0 Å². The van der Waals surface area contributed by atoms with Gasteiger partial charge in [-0.3, -0.25) is 14.6 Å². The van der Waals surface area contributed by atoms with Crippen molar-refractivity contribution in [3.63, 3.8) is 0 Å². The van der Waals surface area contributed by atoms with E-state index in [1.54, 1.807) is 12.3 Å². The first-order chi connectivity index (χ1) is 11.5. The van der Waals surface area contributed by atoms with E-state index in [4.69, 9.17) is 0 Å². The zero-order chi connectivity index (χ0) is 17.2. The number of amides is 1. The summed E-state index contributed by atoms with van der Waals surface area (Å²) in [5.74, 6) is -1.76. The summed E-state index contributed by atoms with van der Waals surface area (Å²) in [7, 11) is 0. The van der Waals surface area contributed by atoms with E-state index in [0.29, 0.717) is 12.8 Å². The molecule has 1 amide bonds. The molecule has 0 aliphatic heterocycles. The molecule has 24 heavy (non-hydrogen) atoms. The van der Waals surface area contributed by atoms with Crippen LogP contribution in [-0.4, -0.2) is 32.1 Å². The Morgan fingerprint density at radius 1 is 1.33 bits per heavy atom. The summed E-state index contributed by atoms with van der Waals surface area (Å²) in [5.41, 5.74) is 0.382. The van der Waals surface area contributed by atoms with Gasteiger partial charge in [-0.25, -0.2) is 0 Å². The van der Waals surface area contributed by atoms with Crippen LogP contribution >= 0.6 is 0 Å². The van der Waals surface area contributed by atoms with Crippen molar-refractivity contribution in [2.24, 2.45) is 5.92 Å². The first-order valence-corrected chi connectivity index (χ1v) is 8.14. The second kappa shape index (κ2) is 6.47. The van der Waals surface area contributed by atoms with Crippen molar-refractivity contribution in [3.05, 3.63) is 48.5 Å². The normalized spacial score (nSPS) is 23.6. The minimum Gasteiger partial charge on any atom is -0.481 e. The molecular weight excluding hydrogens is 306 g/mol. The molecule has 1 fully saturated rings. The Morgan fingerprint density at radius 3 is 2.79 bits per heavy atom. The fraction of sp³-hybridized carbons (Fsp3) is 0.389. The number of nitrogens with zero attached hydrogens (tertiary/aromatic N) is 2. The zero-order valence-corrected chi connectivity index (χ0v) is 13.6. The number of carbonyl (C=O) groups excluding carboxylic acids is 1. The average molecular weight is 327 g/mol. The molecule has 6 nitrogen and oxygen atoms in total. The molecule has 2 unspecified atom stereocenters. The predicted octanol–water partition coefficient (Wildman–Crippen LogP) is 2.64. The largest absolute Gasteiger partial charge is 0.481 e. The second-order valence-electron chi connectivity index (χ2n) is 6.50. The molecule has 2 aromatic rings. The van der Waals surface area contributed by atoms with Crippen LogP contribution in [-0.2, 0) is 4.79 Å². The topological polar surface area (TPSA) is 84.2 Å². The van der Waals surface area contributed by atoms with Crippen LogP contribution in [0, 0.1) is 5.92 Å². The van der Waals surface area contributed by atoms with Gasteiger partial charge in [0.05, 0.1) is 11.5 Å². The van der Waals surface area contributed by atoms with E-state index < -0.39 is 17.4 Å². The average Bonchev–Trinajstić information content (AvgIpc) is 3.09. The smallest absolute Gasteiger partial charge is 0.308 e. The molecule has 0 radical (unpaired) electrons. The summed E-state index contributed by atoms with van der Waals surface area (Å²) in [6.07, 6.45) is 8.40. The fourth-order valence-corrected chi connectivity index (χ4v) is 3.41. The van der Waals surface area contributed by atoms with Crippen LogP contribution < -0.4 is 5.32 Å². The molecule has 1 aliphatic carbocycles. The molecule has 0 aromatic carbocycles. The van der Waals surface area contributed by atoms with Crippen LogP contribution in [0.1, 0.15) is 43.1 Å². The van der Waals surface area contributed by atoms with Gasteiger partial charge in [-0.05, 0) is 44.0 Å². The van der Waals surface area contributed by atoms with Gasteiger partial charge in [0.15, 0.2) is 0 Å². The van der Waals surface area contributed by atoms with Crippen molar-refractivity contribution in [3.8, 4) is 5.69 Å². The number of carbonyl (C=O) groups is 2. The molecular formula is C18H21N3O3. The van der Waals surface area contributed by atoms with Gasteiger partial charge in [0.1, 0.15) is 5.69 Å². The first-order valence-electron chi connectivity index (χ1n) is 8.14. The number of rotatable bonds is 4. The summed E-state index contributed by atoms with van der Waals surface area (Å²) < 4.78 is 1.89. The standard InChI is InChI=1S/C18H21N3O3/c1-18(8-3-2-6-14(18)17(23)24)20-16(22)15-12-13(7-9-19-15)21-10-4-5-11-21/h4-5,7,9-12,14H,2-3,6,8H2,1H3,(H,20,22)(H,23,24). The van der Waals surface area contributed by atoms with Crippen molar-refractivity contribution in [2.45, 2.75) is 38.1 Å². The number of hydrogen-bond donors (Lipinski definition) is 2. The lowest BCUT2D eigenvalue weighted by atomic mass is 9.74. The first kappa shape index (κ1) is 16.2. The van der Waals surface area contributed by atoms with E-state index >= 15 is 0 Å². The van der Waals surface area contributed by atoms with Crippen LogP contribution in [0.3, 0.4) is 0 Å². The predicted molar refractivity (Wildman–Crippen MR) is 89.0 cm³/mol. The third kappa shape index (κ3) is 3.18. The van der Waals surface area contributed by atoms with E-state index in [9.17, 15) is 14.7 Å². The molecule has 2 N–H and O–H groups in total. The maximum Gasteiger partial charge on any atom is 0.308 e. The van der Waals surface area contributed by atoms with Crippen molar-refractivity contribution in [1.29, 1.82) is 0 Å². The molecule has 2 atom stereocenters. The molecule has 3 rings (SSSR count). The second-order valence-corrected chi connectivity index (χ2v) is 6.50. The molecule has 1 saturated carbocycles. The summed E-state index contributed by atoms with van der Waals surface area (Å²) in [6.45, 7) is 1.82. The molecule has 2 heterocycles. The highest BCUT2D eigenvalue weighted by Crippen LogP contribution is 2.34. The maximum atomic E-state index is 12.6. The number of pyridine rings is 1. The third-order valence-corrected chi connectivity index (χ3v) is 4.78. The maximum absolute atomic E-state index is 12.6. The number of aliphatic carboxylic acids is 1. The van der Waals surface area contributed by atoms with Crippen LogP contribution in [0.25, 0.3) is 5.69 Å². The number of hydrogen-bond acceptors (Lipinski definition) is 3. The van der Waals surface area contributed by atoms with Crippen molar-refractivity contribution >= 4 is 11.9 Å². The zero-order valence-electron chi connectivity index (χ0n) is 13.6. The van der Waals surface area contributed by atoms with Gasteiger partial charge in [0.2, 0.25) is 0 Å².